The van der Waals surface area contributed by atoms with Gasteiger partial charge in [-0.1, -0.05) is 12.8 Å². The predicted molar refractivity (Wildman–Crippen MR) is 66.9 cm³/mol. The molecule has 4 heteroatoms. The van der Waals surface area contributed by atoms with Crippen molar-refractivity contribution in [2.75, 3.05) is 26.2 Å². The average Bonchev–Trinajstić information content (AvgIpc) is 2.66. The molecule has 2 rings (SSSR count). The van der Waals surface area contributed by atoms with Gasteiger partial charge in [0.25, 0.3) is 0 Å². The van der Waals surface area contributed by atoms with Crippen molar-refractivity contribution < 1.29 is 9.90 Å². The normalized spacial score (nSPS) is 26.8. The van der Waals surface area contributed by atoms with E-state index < -0.39 is 0 Å². The third kappa shape index (κ3) is 3.12. The highest BCUT2D eigenvalue weighted by Crippen LogP contribution is 2.20. The first-order valence-corrected chi connectivity index (χ1v) is 6.99. The number of carbonyl (C=O) groups excluding carboxylic acids is 1. The second kappa shape index (κ2) is 6.24. The number of rotatable bonds is 1. The molecule has 0 saturated carbocycles. The highest BCUT2D eigenvalue weighted by Gasteiger charge is 2.29. The van der Waals surface area contributed by atoms with Crippen LogP contribution in [-0.2, 0) is 0 Å². The van der Waals surface area contributed by atoms with Crippen molar-refractivity contribution in [3.05, 3.63) is 0 Å². The molecule has 0 radical (unpaired) electrons. The van der Waals surface area contributed by atoms with Crippen molar-refractivity contribution in [1.29, 1.82) is 0 Å². The highest BCUT2D eigenvalue weighted by atomic mass is 16.3. The van der Waals surface area contributed by atoms with E-state index in [1.54, 1.807) is 0 Å². The van der Waals surface area contributed by atoms with E-state index >= 15 is 0 Å². The standard InChI is InChI=1S/C13H24N2O2/c16-11-12-7-3-6-10-15(12)13(17)14-8-4-1-2-5-9-14/h12,16H,1-11H2. The van der Waals surface area contributed by atoms with E-state index in [-0.39, 0.29) is 18.7 Å². The lowest BCUT2D eigenvalue weighted by Gasteiger charge is -2.38. The number of aliphatic hydroxyl groups is 1. The number of aliphatic hydroxyl groups excluding tert-OH is 1. The van der Waals surface area contributed by atoms with Gasteiger partial charge in [0.2, 0.25) is 0 Å². The van der Waals surface area contributed by atoms with Gasteiger partial charge in [-0.05, 0) is 32.1 Å². The molecule has 2 amide bonds. The number of piperidine rings is 1. The van der Waals surface area contributed by atoms with Crippen LogP contribution in [0.5, 0.6) is 0 Å². The molecule has 2 heterocycles. The summed E-state index contributed by atoms with van der Waals surface area (Å²) in [7, 11) is 0. The number of likely N-dealkylation sites (tertiary alicyclic amines) is 2. The summed E-state index contributed by atoms with van der Waals surface area (Å²) in [4.78, 5) is 16.3. The van der Waals surface area contributed by atoms with E-state index in [4.69, 9.17) is 0 Å². The van der Waals surface area contributed by atoms with E-state index in [0.717, 1.165) is 51.7 Å². The third-order valence-corrected chi connectivity index (χ3v) is 3.96. The Bertz CT molecular complexity index is 250. The Labute approximate surface area is 104 Å². The van der Waals surface area contributed by atoms with Gasteiger partial charge in [0.05, 0.1) is 12.6 Å². The smallest absolute Gasteiger partial charge is 0.320 e. The summed E-state index contributed by atoms with van der Waals surface area (Å²) in [5.41, 5.74) is 0. The van der Waals surface area contributed by atoms with Crippen LogP contribution in [0, 0.1) is 0 Å². The Morgan fingerprint density at radius 3 is 2.29 bits per heavy atom. The van der Waals surface area contributed by atoms with Gasteiger partial charge in [-0.2, -0.15) is 0 Å². The summed E-state index contributed by atoms with van der Waals surface area (Å²) in [6.07, 6.45) is 7.91. The molecule has 1 unspecified atom stereocenters. The van der Waals surface area contributed by atoms with Gasteiger partial charge in [0.15, 0.2) is 0 Å². The van der Waals surface area contributed by atoms with Crippen LogP contribution < -0.4 is 0 Å². The van der Waals surface area contributed by atoms with E-state index in [1.165, 1.54) is 12.8 Å². The van der Waals surface area contributed by atoms with Gasteiger partial charge < -0.3 is 14.9 Å². The zero-order valence-electron chi connectivity index (χ0n) is 10.6. The largest absolute Gasteiger partial charge is 0.394 e. The summed E-state index contributed by atoms with van der Waals surface area (Å²) in [5.74, 6) is 0. The minimum Gasteiger partial charge on any atom is -0.394 e. The molecular formula is C13H24N2O2. The fraction of sp³-hybridized carbons (Fsp3) is 0.923. The van der Waals surface area contributed by atoms with Crippen LogP contribution in [0.2, 0.25) is 0 Å². The number of carbonyl (C=O) groups is 1. The van der Waals surface area contributed by atoms with E-state index in [1.807, 2.05) is 9.80 Å². The lowest BCUT2D eigenvalue weighted by atomic mass is 10.0. The summed E-state index contributed by atoms with van der Waals surface area (Å²) in [5, 5.41) is 9.35. The fourth-order valence-corrected chi connectivity index (χ4v) is 2.89. The topological polar surface area (TPSA) is 43.8 Å². The van der Waals surface area contributed by atoms with Crippen LogP contribution in [0.15, 0.2) is 0 Å². The molecule has 0 spiro atoms. The maximum absolute atomic E-state index is 12.4. The minimum absolute atomic E-state index is 0.0551. The van der Waals surface area contributed by atoms with Gasteiger partial charge in [-0.3, -0.25) is 0 Å². The van der Waals surface area contributed by atoms with Crippen LogP contribution in [0.3, 0.4) is 0 Å². The lowest BCUT2D eigenvalue weighted by molar-refractivity contribution is 0.0857. The van der Waals surface area contributed by atoms with Gasteiger partial charge >= 0.3 is 6.03 Å². The molecule has 0 aromatic carbocycles. The Hall–Kier alpha value is -0.770. The molecule has 2 fully saturated rings. The van der Waals surface area contributed by atoms with Crippen LogP contribution >= 0.6 is 0 Å². The maximum atomic E-state index is 12.4. The van der Waals surface area contributed by atoms with Crippen molar-refractivity contribution in [3.8, 4) is 0 Å². The Morgan fingerprint density at radius 1 is 1.00 bits per heavy atom. The number of hydrogen-bond acceptors (Lipinski definition) is 2. The van der Waals surface area contributed by atoms with E-state index in [0.29, 0.717) is 0 Å². The van der Waals surface area contributed by atoms with Crippen molar-refractivity contribution in [3.63, 3.8) is 0 Å². The first-order chi connectivity index (χ1) is 8.33. The zero-order valence-corrected chi connectivity index (χ0v) is 10.6. The molecule has 1 N–H and O–H groups in total. The van der Waals surface area contributed by atoms with Gasteiger partial charge in [-0.15, -0.1) is 0 Å². The summed E-state index contributed by atoms with van der Waals surface area (Å²) in [6, 6.07) is 0.213. The molecule has 2 aliphatic rings. The fourth-order valence-electron chi connectivity index (χ4n) is 2.89. The number of amides is 2. The van der Waals surface area contributed by atoms with Crippen LogP contribution in [-0.4, -0.2) is 53.2 Å². The Kier molecular flexibility index (Phi) is 4.66. The summed E-state index contributed by atoms with van der Waals surface area (Å²) < 4.78 is 0. The Balaban J connectivity index is 1.96. The van der Waals surface area contributed by atoms with Crippen LogP contribution in [0.1, 0.15) is 44.9 Å². The van der Waals surface area contributed by atoms with E-state index in [2.05, 4.69) is 0 Å². The lowest BCUT2D eigenvalue weighted by Crippen LogP contribution is -2.51. The first kappa shape index (κ1) is 12.7. The quantitative estimate of drug-likeness (QED) is 0.760. The zero-order chi connectivity index (χ0) is 12.1. The number of urea groups is 1. The molecule has 2 aliphatic heterocycles. The predicted octanol–water partition coefficient (Wildman–Crippen LogP) is 1.83. The summed E-state index contributed by atoms with van der Waals surface area (Å²) in [6.45, 7) is 2.72. The molecule has 1 atom stereocenters. The Morgan fingerprint density at radius 2 is 1.65 bits per heavy atom. The van der Waals surface area contributed by atoms with Crippen LogP contribution in [0.4, 0.5) is 4.79 Å². The van der Waals surface area contributed by atoms with Gasteiger partial charge in [0.1, 0.15) is 0 Å². The molecule has 0 aromatic rings. The molecule has 0 aromatic heterocycles. The number of nitrogens with zero attached hydrogens (tertiary/aromatic N) is 2. The molecular weight excluding hydrogens is 216 g/mol. The number of hydrogen-bond donors (Lipinski definition) is 1. The maximum Gasteiger partial charge on any atom is 0.320 e. The van der Waals surface area contributed by atoms with Crippen molar-refractivity contribution in [1.82, 2.24) is 9.80 Å². The first-order valence-electron chi connectivity index (χ1n) is 6.99. The molecule has 4 nitrogen and oxygen atoms in total. The summed E-state index contributed by atoms with van der Waals surface area (Å²) >= 11 is 0. The van der Waals surface area contributed by atoms with Crippen molar-refractivity contribution >= 4 is 6.03 Å². The molecule has 2 saturated heterocycles. The molecule has 17 heavy (non-hydrogen) atoms. The molecule has 0 bridgehead atoms. The molecule has 0 aliphatic carbocycles. The second-order valence-corrected chi connectivity index (χ2v) is 5.21. The van der Waals surface area contributed by atoms with Gasteiger partial charge in [0, 0.05) is 19.6 Å². The minimum atomic E-state index is 0.0551. The van der Waals surface area contributed by atoms with Crippen molar-refractivity contribution in [2.45, 2.75) is 51.0 Å². The van der Waals surface area contributed by atoms with E-state index in [9.17, 15) is 9.90 Å². The molecule has 98 valence electrons. The third-order valence-electron chi connectivity index (χ3n) is 3.96. The van der Waals surface area contributed by atoms with Crippen molar-refractivity contribution in [2.24, 2.45) is 0 Å². The second-order valence-electron chi connectivity index (χ2n) is 5.21. The monoisotopic (exact) mass is 240 g/mol. The van der Waals surface area contributed by atoms with Gasteiger partial charge in [-0.25, -0.2) is 4.79 Å². The van der Waals surface area contributed by atoms with Crippen LogP contribution in [0.25, 0.3) is 0 Å². The average molecular weight is 240 g/mol. The SMILES string of the molecule is O=C(N1CCCCCC1)N1CCCCC1CO. The highest BCUT2D eigenvalue weighted by molar-refractivity contribution is 5.75.